The maximum atomic E-state index is 11.8. The number of hydrogen-bond acceptors (Lipinski definition) is 6. The number of aromatic nitrogens is 1. The second-order valence-electron chi connectivity index (χ2n) is 5.61. The van der Waals surface area contributed by atoms with Gasteiger partial charge >= 0.3 is 5.56 Å². The van der Waals surface area contributed by atoms with Crippen LogP contribution in [-0.4, -0.2) is 19.0 Å². The molecule has 4 N–H and O–H groups in total. The van der Waals surface area contributed by atoms with E-state index in [9.17, 15) is 19.1 Å². The van der Waals surface area contributed by atoms with Gasteiger partial charge in [0.15, 0.2) is 0 Å². The third-order valence-corrected chi connectivity index (χ3v) is 5.02. The van der Waals surface area contributed by atoms with Crippen molar-refractivity contribution in [3.8, 4) is 11.5 Å². The summed E-state index contributed by atoms with van der Waals surface area (Å²) < 4.78 is 29.1. The van der Waals surface area contributed by atoms with Crippen LogP contribution in [0.1, 0.15) is 5.56 Å². The Morgan fingerprint density at radius 3 is 2.15 bits per heavy atom. The molecule has 0 saturated carbocycles. The van der Waals surface area contributed by atoms with Crippen molar-refractivity contribution in [2.45, 2.75) is 11.8 Å². The molecule has 0 fully saturated rings. The number of nitrogens with one attached hydrogen (secondary N) is 1. The molecule has 1 aromatic heterocycles. The van der Waals surface area contributed by atoms with E-state index < -0.39 is 16.3 Å². The number of hydrogen-bond donors (Lipinski definition) is 4. The van der Waals surface area contributed by atoms with E-state index in [2.05, 4.69) is 4.72 Å². The van der Waals surface area contributed by atoms with Crippen LogP contribution in [0.25, 0.3) is 0 Å². The van der Waals surface area contributed by atoms with Crippen LogP contribution >= 0.6 is 10.8 Å². The maximum absolute atomic E-state index is 11.8. The van der Waals surface area contributed by atoms with Gasteiger partial charge in [-0.3, -0.25) is 18.6 Å². The Kier molecular flexibility index (Phi) is 4.90. The van der Waals surface area contributed by atoms with E-state index in [1.165, 1.54) is 24.3 Å². The molecule has 0 aliphatic rings. The Morgan fingerprint density at radius 1 is 0.962 bits per heavy atom. The van der Waals surface area contributed by atoms with Gasteiger partial charge in [-0.05, 0) is 55.5 Å². The molecule has 3 rings (SSSR count). The smallest absolute Gasteiger partial charge is 0.307 e. The van der Waals surface area contributed by atoms with E-state index in [1.807, 2.05) is 31.2 Å². The van der Waals surface area contributed by atoms with Crippen LogP contribution in [-0.2, 0) is 0 Å². The quantitative estimate of drug-likeness (QED) is 0.496. The molecular formula is C18H18N2O5S. The van der Waals surface area contributed by atoms with E-state index >= 15 is 0 Å². The lowest BCUT2D eigenvalue weighted by Crippen LogP contribution is -2.22. The predicted octanol–water partition coefficient (Wildman–Crippen LogP) is 4.32. The molecule has 0 aliphatic heterocycles. The zero-order chi connectivity index (χ0) is 18.7. The van der Waals surface area contributed by atoms with Crippen LogP contribution in [0, 0.1) is 6.92 Å². The second kappa shape index (κ2) is 7.12. The molecular weight excluding hydrogens is 356 g/mol. The van der Waals surface area contributed by atoms with Crippen molar-refractivity contribution in [2.24, 2.45) is 0 Å². The maximum Gasteiger partial charge on any atom is 0.307 e. The van der Waals surface area contributed by atoms with Crippen LogP contribution in [0.2, 0.25) is 0 Å². The van der Waals surface area contributed by atoms with Gasteiger partial charge in [0.25, 0.3) is 0 Å². The molecule has 2 aromatic carbocycles. The van der Waals surface area contributed by atoms with Crippen LogP contribution in [0.15, 0.2) is 76.6 Å². The molecule has 0 amide bonds. The summed E-state index contributed by atoms with van der Waals surface area (Å²) in [4.78, 5) is 12.0. The average molecular weight is 374 g/mol. The Hall–Kier alpha value is -2.94. The number of nitrogens with zero attached hydrogens (tertiary/aromatic N) is 1. The predicted molar refractivity (Wildman–Crippen MR) is 100 cm³/mol. The lowest BCUT2D eigenvalue weighted by molar-refractivity contribution is 0.175. The Morgan fingerprint density at radius 2 is 1.54 bits per heavy atom. The molecule has 3 aromatic rings. The van der Waals surface area contributed by atoms with Crippen molar-refractivity contribution >= 4 is 16.5 Å². The largest absolute Gasteiger partial charge is 0.457 e. The summed E-state index contributed by atoms with van der Waals surface area (Å²) in [7, 11) is -3.48. The molecule has 8 heteroatoms. The highest BCUT2D eigenvalue weighted by Gasteiger charge is 2.18. The van der Waals surface area contributed by atoms with E-state index in [-0.39, 0.29) is 10.6 Å². The summed E-state index contributed by atoms with van der Waals surface area (Å²) in [5, 5.41) is 9.35. The van der Waals surface area contributed by atoms with Crippen LogP contribution in [0.4, 0.5) is 5.69 Å². The highest BCUT2D eigenvalue weighted by Crippen LogP contribution is 2.47. The Bertz CT molecular complexity index is 953. The molecule has 0 bridgehead atoms. The normalized spacial score (nSPS) is 11.8. The van der Waals surface area contributed by atoms with E-state index in [1.54, 1.807) is 12.1 Å². The molecule has 0 radical (unpaired) electrons. The van der Waals surface area contributed by atoms with Crippen molar-refractivity contribution in [1.82, 2.24) is 4.73 Å². The van der Waals surface area contributed by atoms with Crippen LogP contribution in [0.5, 0.6) is 11.5 Å². The van der Waals surface area contributed by atoms with Gasteiger partial charge in [-0.15, -0.1) is 0 Å². The first-order chi connectivity index (χ1) is 12.3. The van der Waals surface area contributed by atoms with E-state index in [0.29, 0.717) is 16.2 Å². The first kappa shape index (κ1) is 17.9. The summed E-state index contributed by atoms with van der Waals surface area (Å²) in [6.07, 6.45) is 1.15. The fourth-order valence-corrected chi connectivity index (χ4v) is 3.31. The molecule has 0 unspecified atom stereocenters. The molecule has 26 heavy (non-hydrogen) atoms. The van der Waals surface area contributed by atoms with Gasteiger partial charge in [0, 0.05) is 6.20 Å². The fourth-order valence-electron chi connectivity index (χ4n) is 2.21. The van der Waals surface area contributed by atoms with Crippen molar-refractivity contribution in [3.63, 3.8) is 0 Å². The van der Waals surface area contributed by atoms with Crippen molar-refractivity contribution < 1.29 is 19.0 Å². The van der Waals surface area contributed by atoms with Gasteiger partial charge in [-0.2, -0.15) is 4.73 Å². The lowest BCUT2D eigenvalue weighted by atomic mass is 10.2. The third-order valence-electron chi connectivity index (χ3n) is 3.59. The number of pyridine rings is 1. The summed E-state index contributed by atoms with van der Waals surface area (Å²) >= 11 is 0. The highest BCUT2D eigenvalue weighted by molar-refractivity contribution is 8.25. The third kappa shape index (κ3) is 3.99. The Balaban J connectivity index is 1.77. The molecule has 7 nitrogen and oxygen atoms in total. The average Bonchev–Trinajstić information content (AvgIpc) is 2.61. The summed E-state index contributed by atoms with van der Waals surface area (Å²) in [6.45, 7) is 1.98. The molecule has 0 saturated heterocycles. The topological polar surface area (TPSA) is 104 Å². The first-order valence-corrected chi connectivity index (χ1v) is 9.21. The van der Waals surface area contributed by atoms with Crippen LogP contribution in [0.3, 0.4) is 0 Å². The van der Waals surface area contributed by atoms with Crippen molar-refractivity contribution in [2.75, 3.05) is 4.72 Å². The number of rotatable bonds is 5. The molecule has 0 aliphatic carbocycles. The van der Waals surface area contributed by atoms with Gasteiger partial charge in [-0.1, -0.05) is 28.5 Å². The van der Waals surface area contributed by atoms with Crippen molar-refractivity contribution in [3.05, 3.63) is 82.8 Å². The monoisotopic (exact) mass is 374 g/mol. The SMILES string of the molecule is Cc1ccc(Oc2ccc(S(O)(O)Nc3cccn(O)c3=O)cc2)cc1. The van der Waals surface area contributed by atoms with Gasteiger partial charge in [0.1, 0.15) is 17.2 Å². The molecule has 1 heterocycles. The van der Waals surface area contributed by atoms with Gasteiger partial charge < -0.3 is 9.94 Å². The van der Waals surface area contributed by atoms with E-state index in [4.69, 9.17) is 4.74 Å². The second-order valence-corrected chi connectivity index (χ2v) is 7.38. The van der Waals surface area contributed by atoms with Crippen LogP contribution < -0.4 is 15.0 Å². The minimum absolute atomic E-state index is 0.130. The number of ether oxygens (including phenoxy) is 1. The number of aryl methyl sites for hydroxylation is 1. The molecule has 0 atom stereocenters. The standard InChI is InChI=1S/C18H18N2O5S/c1-13-4-6-14(7-5-13)25-15-8-10-16(11-9-15)26(23,24)19-17-3-2-12-20(22)18(17)21/h2-12,19,22-24H,1H3. The molecule has 136 valence electrons. The van der Waals surface area contributed by atoms with Crippen molar-refractivity contribution in [1.29, 1.82) is 0 Å². The zero-order valence-corrected chi connectivity index (χ0v) is 14.7. The zero-order valence-electron chi connectivity index (χ0n) is 13.9. The lowest BCUT2D eigenvalue weighted by Gasteiger charge is -2.33. The fraction of sp³-hybridized carbons (Fsp3) is 0.0556. The number of benzene rings is 2. The van der Waals surface area contributed by atoms with Gasteiger partial charge in [0.05, 0.1) is 4.90 Å². The van der Waals surface area contributed by atoms with Gasteiger partial charge in [-0.25, -0.2) is 0 Å². The summed E-state index contributed by atoms with van der Waals surface area (Å²) in [5.41, 5.74) is 0.206. The van der Waals surface area contributed by atoms with Gasteiger partial charge in [0.2, 0.25) is 0 Å². The summed E-state index contributed by atoms with van der Waals surface area (Å²) in [5.74, 6) is 1.20. The first-order valence-electron chi connectivity index (χ1n) is 7.67. The highest BCUT2D eigenvalue weighted by atomic mass is 32.3. The minimum atomic E-state index is -3.48. The number of anilines is 1. The summed E-state index contributed by atoms with van der Waals surface area (Å²) in [6, 6.07) is 16.5. The Labute approximate surface area is 151 Å². The van der Waals surface area contributed by atoms with E-state index in [0.717, 1.165) is 11.8 Å². The molecule has 0 spiro atoms. The minimum Gasteiger partial charge on any atom is -0.457 e.